The van der Waals surface area contributed by atoms with Crippen molar-refractivity contribution in [2.24, 2.45) is 0 Å². The number of benzene rings is 1. The van der Waals surface area contributed by atoms with Crippen LogP contribution in [0, 0.1) is 6.92 Å². The van der Waals surface area contributed by atoms with Gasteiger partial charge in [0.25, 0.3) is 5.91 Å². The summed E-state index contributed by atoms with van der Waals surface area (Å²) in [6.07, 6.45) is 0. The quantitative estimate of drug-likeness (QED) is 0.868. The van der Waals surface area contributed by atoms with Crippen LogP contribution >= 0.6 is 11.3 Å². The summed E-state index contributed by atoms with van der Waals surface area (Å²) in [6, 6.07) is 12.3. The summed E-state index contributed by atoms with van der Waals surface area (Å²) >= 11 is 1.77. The molecule has 4 nitrogen and oxygen atoms in total. The highest BCUT2D eigenvalue weighted by atomic mass is 32.1. The maximum absolute atomic E-state index is 12.7. The van der Waals surface area contributed by atoms with Gasteiger partial charge in [-0.3, -0.25) is 4.79 Å². The van der Waals surface area contributed by atoms with Crippen LogP contribution in [0.25, 0.3) is 0 Å². The number of quaternary nitrogens is 1. The summed E-state index contributed by atoms with van der Waals surface area (Å²) in [4.78, 5) is 15.5. The second kappa shape index (κ2) is 7.92. The average Bonchev–Trinajstić information content (AvgIpc) is 3.10. The number of carbonyl (C=O) groups is 1. The van der Waals surface area contributed by atoms with Crippen molar-refractivity contribution in [2.45, 2.75) is 25.9 Å². The first-order chi connectivity index (χ1) is 11.7. The summed E-state index contributed by atoms with van der Waals surface area (Å²) in [5, 5.41) is 5.34. The van der Waals surface area contributed by atoms with Crippen LogP contribution in [0.3, 0.4) is 0 Å². The SMILES string of the molecule is Cc1ccccc1C(=O)N[C@H](C)[C@H](c1cccs1)[NH+]1CCOCC1. The van der Waals surface area contributed by atoms with Crippen LogP contribution in [-0.2, 0) is 4.74 Å². The lowest BCUT2D eigenvalue weighted by Crippen LogP contribution is -3.15. The Morgan fingerprint density at radius 1 is 1.21 bits per heavy atom. The van der Waals surface area contributed by atoms with Crippen LogP contribution in [0.15, 0.2) is 41.8 Å². The van der Waals surface area contributed by atoms with E-state index in [1.54, 1.807) is 11.3 Å². The smallest absolute Gasteiger partial charge is 0.251 e. The lowest BCUT2D eigenvalue weighted by molar-refractivity contribution is -0.939. The van der Waals surface area contributed by atoms with Crippen molar-refractivity contribution in [2.75, 3.05) is 26.3 Å². The van der Waals surface area contributed by atoms with Gasteiger partial charge in [0.1, 0.15) is 19.1 Å². The number of hydrogen-bond donors (Lipinski definition) is 2. The van der Waals surface area contributed by atoms with Crippen LogP contribution < -0.4 is 10.2 Å². The third-order valence-corrected chi connectivity index (χ3v) is 5.63. The van der Waals surface area contributed by atoms with Crippen molar-refractivity contribution in [3.05, 3.63) is 57.8 Å². The van der Waals surface area contributed by atoms with E-state index in [1.807, 2.05) is 31.2 Å². The lowest BCUT2D eigenvalue weighted by Gasteiger charge is -2.34. The number of thiophene rings is 1. The molecular weight excluding hydrogens is 320 g/mol. The first-order valence-electron chi connectivity index (χ1n) is 8.49. The summed E-state index contributed by atoms with van der Waals surface area (Å²) in [7, 11) is 0. The normalized spacial score (nSPS) is 18.1. The molecule has 1 saturated heterocycles. The molecule has 1 aliphatic heterocycles. The largest absolute Gasteiger partial charge is 0.370 e. The van der Waals surface area contributed by atoms with Crippen LogP contribution in [0.4, 0.5) is 0 Å². The summed E-state index contributed by atoms with van der Waals surface area (Å²) < 4.78 is 5.51. The fourth-order valence-electron chi connectivity index (χ4n) is 3.41. The van der Waals surface area contributed by atoms with Crippen LogP contribution in [0.1, 0.15) is 33.8 Å². The maximum atomic E-state index is 12.7. The molecule has 1 aromatic carbocycles. The molecule has 2 heterocycles. The van der Waals surface area contributed by atoms with E-state index in [0.717, 1.165) is 37.4 Å². The highest BCUT2D eigenvalue weighted by Gasteiger charge is 2.33. The van der Waals surface area contributed by atoms with Gasteiger partial charge >= 0.3 is 0 Å². The van der Waals surface area contributed by atoms with Gasteiger partial charge in [-0.05, 0) is 36.9 Å². The molecule has 1 aromatic heterocycles. The Balaban J connectivity index is 1.77. The molecule has 24 heavy (non-hydrogen) atoms. The van der Waals surface area contributed by atoms with E-state index in [9.17, 15) is 4.79 Å². The Morgan fingerprint density at radius 2 is 1.96 bits per heavy atom. The molecule has 3 rings (SSSR count). The molecule has 2 atom stereocenters. The number of carbonyl (C=O) groups excluding carboxylic acids is 1. The molecule has 0 radical (unpaired) electrons. The molecular formula is C19H25N2O2S+. The van der Waals surface area contributed by atoms with Crippen molar-refractivity contribution >= 4 is 17.2 Å². The van der Waals surface area contributed by atoms with Crippen LogP contribution in [0.2, 0.25) is 0 Å². The van der Waals surface area contributed by atoms with E-state index in [2.05, 4.69) is 29.8 Å². The van der Waals surface area contributed by atoms with Gasteiger partial charge in [0.15, 0.2) is 0 Å². The molecule has 2 N–H and O–H groups in total. The van der Waals surface area contributed by atoms with Crippen LogP contribution in [-0.4, -0.2) is 38.3 Å². The molecule has 1 amide bonds. The molecule has 128 valence electrons. The zero-order valence-electron chi connectivity index (χ0n) is 14.2. The monoisotopic (exact) mass is 345 g/mol. The highest BCUT2D eigenvalue weighted by Crippen LogP contribution is 2.20. The third-order valence-electron chi connectivity index (χ3n) is 4.67. The number of rotatable bonds is 5. The van der Waals surface area contributed by atoms with Gasteiger partial charge in [-0.25, -0.2) is 0 Å². The van der Waals surface area contributed by atoms with Gasteiger partial charge in [-0.2, -0.15) is 0 Å². The molecule has 2 aromatic rings. The van der Waals surface area contributed by atoms with E-state index >= 15 is 0 Å². The van der Waals surface area contributed by atoms with Crippen molar-refractivity contribution in [1.29, 1.82) is 0 Å². The van der Waals surface area contributed by atoms with Crippen molar-refractivity contribution in [3.8, 4) is 0 Å². The van der Waals surface area contributed by atoms with E-state index < -0.39 is 0 Å². The number of hydrogen-bond acceptors (Lipinski definition) is 3. The molecule has 5 heteroatoms. The second-order valence-electron chi connectivity index (χ2n) is 6.34. The van der Waals surface area contributed by atoms with Gasteiger partial charge < -0.3 is 15.0 Å². The molecule has 0 bridgehead atoms. The minimum absolute atomic E-state index is 0.00909. The van der Waals surface area contributed by atoms with Gasteiger partial charge in [-0.1, -0.05) is 24.3 Å². The van der Waals surface area contributed by atoms with Gasteiger partial charge in [0, 0.05) is 5.56 Å². The predicted molar refractivity (Wildman–Crippen MR) is 96.7 cm³/mol. The van der Waals surface area contributed by atoms with Gasteiger partial charge in [0.2, 0.25) is 0 Å². The second-order valence-corrected chi connectivity index (χ2v) is 7.32. The van der Waals surface area contributed by atoms with Crippen molar-refractivity contribution < 1.29 is 14.4 Å². The van der Waals surface area contributed by atoms with Gasteiger partial charge in [0.05, 0.1) is 24.1 Å². The van der Waals surface area contributed by atoms with E-state index in [0.29, 0.717) is 0 Å². The Kier molecular flexibility index (Phi) is 5.66. The number of aryl methyl sites for hydroxylation is 1. The standard InChI is InChI=1S/C19H24N2O2S/c1-14-6-3-4-7-16(14)19(22)20-15(2)18(17-8-5-13-24-17)21-9-11-23-12-10-21/h3-8,13,15,18H,9-12H2,1-2H3,(H,20,22)/p+1/t15-,18-/m1/s1. The Bertz CT molecular complexity index is 666. The Hall–Kier alpha value is -1.69. The molecule has 1 aliphatic rings. The van der Waals surface area contributed by atoms with E-state index in [4.69, 9.17) is 4.74 Å². The molecule has 0 spiro atoms. The Labute approximate surface area is 147 Å². The highest BCUT2D eigenvalue weighted by molar-refractivity contribution is 7.10. The van der Waals surface area contributed by atoms with E-state index in [1.165, 1.54) is 9.78 Å². The van der Waals surface area contributed by atoms with Crippen LogP contribution in [0.5, 0.6) is 0 Å². The van der Waals surface area contributed by atoms with E-state index in [-0.39, 0.29) is 18.0 Å². The topological polar surface area (TPSA) is 42.8 Å². The number of amides is 1. The number of ether oxygens (including phenoxy) is 1. The summed E-state index contributed by atoms with van der Waals surface area (Å²) in [5.74, 6) is 0.00909. The first kappa shape index (κ1) is 17.1. The summed E-state index contributed by atoms with van der Waals surface area (Å²) in [6.45, 7) is 7.62. The van der Waals surface area contributed by atoms with Gasteiger partial charge in [-0.15, -0.1) is 11.3 Å². The zero-order chi connectivity index (χ0) is 16.9. The van der Waals surface area contributed by atoms with Crippen molar-refractivity contribution in [1.82, 2.24) is 5.32 Å². The fraction of sp³-hybridized carbons (Fsp3) is 0.421. The first-order valence-corrected chi connectivity index (χ1v) is 9.37. The predicted octanol–water partition coefficient (Wildman–Crippen LogP) is 1.83. The fourth-order valence-corrected chi connectivity index (χ4v) is 4.40. The lowest BCUT2D eigenvalue weighted by atomic mass is 10.0. The molecule has 0 saturated carbocycles. The van der Waals surface area contributed by atoms with Crippen molar-refractivity contribution in [3.63, 3.8) is 0 Å². The number of nitrogens with one attached hydrogen (secondary N) is 2. The third kappa shape index (κ3) is 3.86. The zero-order valence-corrected chi connectivity index (χ0v) is 15.1. The maximum Gasteiger partial charge on any atom is 0.251 e. The molecule has 0 unspecified atom stereocenters. The molecule has 1 fully saturated rings. The Morgan fingerprint density at radius 3 is 2.62 bits per heavy atom. The summed E-state index contributed by atoms with van der Waals surface area (Å²) in [5.41, 5.74) is 1.76. The number of morpholine rings is 1. The molecule has 0 aliphatic carbocycles. The minimum Gasteiger partial charge on any atom is -0.370 e. The minimum atomic E-state index is 0.00909. The average molecular weight is 345 g/mol.